The number of hydrogen-bond donors (Lipinski definition) is 0. The van der Waals surface area contributed by atoms with Crippen LogP contribution in [0.25, 0.3) is 0 Å². The molecule has 0 radical (unpaired) electrons. The highest BCUT2D eigenvalue weighted by Gasteiger charge is 2.45. The monoisotopic (exact) mass is 169 g/mol. The third-order valence-electron chi connectivity index (χ3n) is 0.502. The van der Waals surface area contributed by atoms with Gasteiger partial charge in [0, 0.05) is 5.06 Å². The Morgan fingerprint density at radius 1 is 1.20 bits per heavy atom. The van der Waals surface area contributed by atoms with E-state index in [1.54, 1.807) is 0 Å². The zero-order valence-corrected chi connectivity index (χ0v) is 4.20. The third kappa shape index (κ3) is 2.40. The molecular formula is C2HF6NO. The Balaban J connectivity index is 4.07. The molecule has 0 saturated heterocycles. The molecule has 0 rings (SSSR count). The maximum Gasteiger partial charge on any atom is 0.490 e. The Bertz CT molecular complexity index is 100. The van der Waals surface area contributed by atoms with Crippen molar-refractivity contribution in [1.29, 1.82) is 0 Å². The Morgan fingerprint density at radius 2 is 1.60 bits per heavy atom. The van der Waals surface area contributed by atoms with Crippen molar-refractivity contribution in [3.8, 4) is 0 Å². The van der Waals surface area contributed by atoms with Crippen molar-refractivity contribution in [2.45, 2.75) is 12.8 Å². The van der Waals surface area contributed by atoms with Gasteiger partial charge in [0.1, 0.15) is 0 Å². The van der Waals surface area contributed by atoms with Gasteiger partial charge in [-0.2, -0.15) is 22.0 Å². The fourth-order valence-electron chi connectivity index (χ4n) is 0.180. The molecule has 0 saturated carbocycles. The van der Waals surface area contributed by atoms with Gasteiger partial charge < -0.3 is 0 Å². The summed E-state index contributed by atoms with van der Waals surface area (Å²) in [5, 5.41) is -0.186. The predicted molar refractivity (Wildman–Crippen MR) is 16.1 cm³/mol. The molecule has 0 atom stereocenters. The fraction of sp³-hybridized carbons (Fsp3) is 1.00. The fourth-order valence-corrected chi connectivity index (χ4v) is 0.180. The van der Waals surface area contributed by atoms with E-state index in [-0.39, 0.29) is 0 Å². The van der Waals surface area contributed by atoms with Crippen molar-refractivity contribution in [1.82, 2.24) is 5.06 Å². The first kappa shape index (κ1) is 9.50. The Labute approximate surface area is 50.8 Å². The maximum atomic E-state index is 11.1. The van der Waals surface area contributed by atoms with Crippen LogP contribution in [-0.4, -0.2) is 17.9 Å². The van der Waals surface area contributed by atoms with E-state index in [0.717, 1.165) is 0 Å². The van der Waals surface area contributed by atoms with Crippen LogP contribution in [0.15, 0.2) is 0 Å². The summed E-state index contributed by atoms with van der Waals surface area (Å²) in [4.78, 5) is 0. The minimum absolute atomic E-state index is 1.83. The van der Waals surface area contributed by atoms with Gasteiger partial charge >= 0.3 is 12.8 Å². The van der Waals surface area contributed by atoms with Crippen LogP contribution in [-0.2, 0) is 5.04 Å². The molecule has 8 heteroatoms. The molecule has 0 spiro atoms. The lowest BCUT2D eigenvalue weighted by Crippen LogP contribution is -2.39. The highest BCUT2D eigenvalue weighted by Crippen LogP contribution is 2.25. The second kappa shape index (κ2) is 3.06. The highest BCUT2D eigenvalue weighted by atomic mass is 19.4. The van der Waals surface area contributed by atoms with Crippen LogP contribution < -0.4 is 0 Å². The molecule has 0 bridgehead atoms. The summed E-state index contributed by atoms with van der Waals surface area (Å²) in [6.07, 6.45) is -5.52. The van der Waals surface area contributed by atoms with Crippen molar-refractivity contribution < 1.29 is 31.5 Å². The lowest BCUT2D eigenvalue weighted by atomic mass is 11.0. The maximum absolute atomic E-state index is 11.1. The molecule has 0 aromatic carbocycles. The van der Waals surface area contributed by atoms with Crippen LogP contribution in [0, 0.1) is 0 Å². The molecule has 2 nitrogen and oxygen atoms in total. The van der Waals surface area contributed by atoms with Crippen LogP contribution in [0.1, 0.15) is 0 Å². The smallest absolute Gasteiger partial charge is 0.189 e. The number of alkyl halides is 5. The summed E-state index contributed by atoms with van der Waals surface area (Å²) in [6, 6.07) is 0. The Morgan fingerprint density at radius 3 is 1.60 bits per heavy atom. The van der Waals surface area contributed by atoms with Crippen molar-refractivity contribution in [3.63, 3.8) is 0 Å². The van der Waals surface area contributed by atoms with Gasteiger partial charge in [-0.25, -0.2) is 0 Å². The number of hydrogen-bond acceptors (Lipinski definition) is 2. The first-order valence-corrected chi connectivity index (χ1v) is 1.82. The minimum Gasteiger partial charge on any atom is -0.189 e. The van der Waals surface area contributed by atoms with Gasteiger partial charge in [0.2, 0.25) is 0 Å². The van der Waals surface area contributed by atoms with Crippen molar-refractivity contribution >= 4 is 0 Å². The molecule has 0 aliphatic rings. The van der Waals surface area contributed by atoms with Gasteiger partial charge in [-0.05, 0) is 4.53 Å². The molecule has 0 aliphatic heterocycles. The van der Waals surface area contributed by atoms with Crippen LogP contribution in [0.2, 0.25) is 0 Å². The lowest BCUT2D eigenvalue weighted by Gasteiger charge is -2.16. The average Bonchev–Trinajstić information content (AvgIpc) is 1.60. The summed E-state index contributed by atoms with van der Waals surface area (Å²) in [6.45, 7) is -4.06. The quantitative estimate of drug-likeness (QED) is 0.355. The second-order valence-corrected chi connectivity index (χ2v) is 1.14. The summed E-state index contributed by atoms with van der Waals surface area (Å²) in [5.41, 5.74) is 0. The highest BCUT2D eigenvalue weighted by molar-refractivity contribution is 4.41. The van der Waals surface area contributed by atoms with Gasteiger partial charge in [0.15, 0.2) is 0 Å². The second-order valence-electron chi connectivity index (χ2n) is 1.14. The van der Waals surface area contributed by atoms with Crippen LogP contribution in [0.4, 0.5) is 26.5 Å². The van der Waals surface area contributed by atoms with E-state index in [0.29, 0.717) is 0 Å². The topological polar surface area (TPSA) is 12.5 Å². The minimum atomic E-state index is -5.52. The summed E-state index contributed by atoms with van der Waals surface area (Å²) < 4.78 is 65.9. The average molecular weight is 169 g/mol. The van der Waals surface area contributed by atoms with E-state index in [1.165, 1.54) is 0 Å². The van der Waals surface area contributed by atoms with Crippen LogP contribution in [0.5, 0.6) is 0 Å². The molecule has 0 N–H and O–H groups in total. The molecular weight excluding hydrogens is 168 g/mol. The molecule has 0 fully saturated rings. The SMILES string of the molecule is FON(C(F)F)C(F)(F)F. The summed E-state index contributed by atoms with van der Waals surface area (Å²) in [7, 11) is 0. The molecule has 0 heterocycles. The van der Waals surface area contributed by atoms with Crippen molar-refractivity contribution in [2.75, 3.05) is 0 Å². The van der Waals surface area contributed by atoms with E-state index in [4.69, 9.17) is 0 Å². The zero-order valence-electron chi connectivity index (χ0n) is 4.20. The van der Waals surface area contributed by atoms with E-state index in [2.05, 4.69) is 0 Å². The molecule has 0 unspecified atom stereocenters. The molecule has 10 heavy (non-hydrogen) atoms. The number of nitrogens with zero attached hydrogens (tertiary/aromatic N) is 1. The summed E-state index contributed by atoms with van der Waals surface area (Å²) >= 11 is 0. The van der Waals surface area contributed by atoms with E-state index in [1.807, 2.05) is 5.04 Å². The van der Waals surface area contributed by atoms with Crippen molar-refractivity contribution in [2.24, 2.45) is 0 Å². The van der Waals surface area contributed by atoms with Gasteiger partial charge in [-0.3, -0.25) is 0 Å². The summed E-state index contributed by atoms with van der Waals surface area (Å²) in [5.74, 6) is 0. The van der Waals surface area contributed by atoms with Gasteiger partial charge in [0.05, 0.1) is 0 Å². The number of halogens is 6. The largest absolute Gasteiger partial charge is 0.490 e. The lowest BCUT2D eigenvalue weighted by molar-refractivity contribution is -0.483. The first-order chi connectivity index (χ1) is 4.39. The molecule has 0 aromatic heterocycles. The van der Waals surface area contributed by atoms with Gasteiger partial charge in [0.25, 0.3) is 0 Å². The molecule has 62 valence electrons. The zero-order chi connectivity index (χ0) is 8.36. The number of rotatable bonds is 2. The van der Waals surface area contributed by atoms with E-state index < -0.39 is 17.9 Å². The Kier molecular flexibility index (Phi) is 2.91. The standard InChI is InChI=1S/C2HF6NO/c3-1(4)9(10-8)2(5,6)7/h1H. The van der Waals surface area contributed by atoms with E-state index in [9.17, 15) is 26.5 Å². The molecule has 0 aromatic rings. The van der Waals surface area contributed by atoms with Crippen LogP contribution in [0.3, 0.4) is 0 Å². The normalized spacial score (nSPS) is 13.2. The van der Waals surface area contributed by atoms with E-state index >= 15 is 0 Å². The van der Waals surface area contributed by atoms with Crippen molar-refractivity contribution in [3.05, 3.63) is 0 Å². The van der Waals surface area contributed by atoms with Crippen LogP contribution >= 0.6 is 0 Å². The van der Waals surface area contributed by atoms with Gasteiger partial charge in [-0.15, -0.1) is 0 Å². The molecule has 0 aliphatic carbocycles. The molecule has 0 amide bonds. The predicted octanol–water partition coefficient (Wildman–Crippen LogP) is 1.85. The third-order valence-corrected chi connectivity index (χ3v) is 0.502. The Hall–Kier alpha value is -0.500. The van der Waals surface area contributed by atoms with Gasteiger partial charge in [-0.1, -0.05) is 5.04 Å². The first-order valence-electron chi connectivity index (χ1n) is 1.82. The number of hydroxylamine groups is 2.